The number of nitrogens with zero attached hydrogens (tertiary/aromatic N) is 1. The smallest absolute Gasteiger partial charge is 0.225 e. The summed E-state index contributed by atoms with van der Waals surface area (Å²) in [5.74, 6) is 2.57. The average molecular weight is 278 g/mol. The lowest BCUT2D eigenvalue weighted by atomic mass is 9.67. The van der Waals surface area contributed by atoms with Crippen molar-refractivity contribution in [3.05, 3.63) is 0 Å². The molecule has 3 fully saturated rings. The summed E-state index contributed by atoms with van der Waals surface area (Å²) >= 11 is 0. The molecule has 3 rings (SSSR count). The zero-order valence-corrected chi connectivity index (χ0v) is 12.9. The van der Waals surface area contributed by atoms with Crippen LogP contribution < -0.4 is 5.32 Å². The first-order chi connectivity index (χ1) is 9.75. The van der Waals surface area contributed by atoms with Crippen LogP contribution in [0.4, 0.5) is 0 Å². The predicted molar refractivity (Wildman–Crippen MR) is 81.5 cm³/mol. The minimum Gasteiger partial charge on any atom is -0.342 e. The lowest BCUT2D eigenvalue weighted by molar-refractivity contribution is -0.139. The van der Waals surface area contributed by atoms with Gasteiger partial charge in [0.25, 0.3) is 0 Å². The zero-order valence-electron chi connectivity index (χ0n) is 12.9. The number of fused-ring (bicyclic) bond motifs is 1. The molecule has 3 unspecified atom stereocenters. The van der Waals surface area contributed by atoms with Gasteiger partial charge in [0.1, 0.15) is 0 Å². The molecule has 3 aliphatic rings. The normalized spacial score (nSPS) is 35.4. The Morgan fingerprint density at radius 3 is 2.40 bits per heavy atom. The summed E-state index contributed by atoms with van der Waals surface area (Å²) < 4.78 is 0. The van der Waals surface area contributed by atoms with Crippen molar-refractivity contribution in [3.8, 4) is 0 Å². The predicted octanol–water partition coefficient (Wildman–Crippen LogP) is 2.80. The highest BCUT2D eigenvalue weighted by Gasteiger charge is 2.37. The second kappa shape index (κ2) is 6.46. The third-order valence-electron chi connectivity index (χ3n) is 6.09. The van der Waals surface area contributed by atoms with Gasteiger partial charge in [-0.3, -0.25) is 4.79 Å². The van der Waals surface area contributed by atoms with Crippen LogP contribution in [0, 0.1) is 17.8 Å². The van der Waals surface area contributed by atoms with Gasteiger partial charge in [-0.15, -0.1) is 0 Å². The van der Waals surface area contributed by atoms with Crippen molar-refractivity contribution in [2.45, 2.75) is 63.8 Å². The molecule has 1 heterocycles. The molecule has 1 aliphatic heterocycles. The summed E-state index contributed by atoms with van der Waals surface area (Å²) in [5, 5.41) is 3.39. The Morgan fingerprint density at radius 2 is 1.65 bits per heavy atom. The number of hydrogen-bond donors (Lipinski definition) is 1. The molecule has 20 heavy (non-hydrogen) atoms. The van der Waals surface area contributed by atoms with Gasteiger partial charge >= 0.3 is 0 Å². The maximum absolute atomic E-state index is 12.8. The highest BCUT2D eigenvalue weighted by Crippen LogP contribution is 2.43. The zero-order chi connectivity index (χ0) is 13.9. The molecule has 0 spiro atoms. The largest absolute Gasteiger partial charge is 0.342 e. The van der Waals surface area contributed by atoms with Crippen molar-refractivity contribution in [1.82, 2.24) is 10.2 Å². The fraction of sp³-hybridized carbons (Fsp3) is 0.941. The second-order valence-corrected chi connectivity index (χ2v) is 7.24. The van der Waals surface area contributed by atoms with Gasteiger partial charge in [0.15, 0.2) is 0 Å². The van der Waals surface area contributed by atoms with Crippen LogP contribution in [0.2, 0.25) is 0 Å². The molecule has 0 bridgehead atoms. The minimum atomic E-state index is 0.328. The van der Waals surface area contributed by atoms with Gasteiger partial charge in [-0.25, -0.2) is 0 Å². The van der Waals surface area contributed by atoms with E-state index in [1.165, 1.54) is 38.5 Å². The fourth-order valence-electron chi connectivity index (χ4n) is 4.76. The molecule has 1 amide bonds. The first kappa shape index (κ1) is 14.4. The number of carbonyl (C=O) groups excluding carboxylic acids is 1. The molecule has 114 valence electrons. The highest BCUT2D eigenvalue weighted by molar-refractivity contribution is 5.79. The first-order valence-electron chi connectivity index (χ1n) is 8.73. The summed E-state index contributed by atoms with van der Waals surface area (Å²) in [6.07, 6.45) is 11.5. The van der Waals surface area contributed by atoms with Crippen molar-refractivity contribution >= 4 is 5.91 Å². The van der Waals surface area contributed by atoms with E-state index in [0.717, 1.165) is 44.2 Å². The van der Waals surface area contributed by atoms with Gasteiger partial charge in [-0.05, 0) is 57.0 Å². The Bertz CT molecular complexity index is 338. The van der Waals surface area contributed by atoms with Crippen LogP contribution in [0.25, 0.3) is 0 Å². The van der Waals surface area contributed by atoms with Crippen LogP contribution >= 0.6 is 0 Å². The van der Waals surface area contributed by atoms with Gasteiger partial charge in [0.2, 0.25) is 5.91 Å². The number of piperidine rings is 1. The van der Waals surface area contributed by atoms with Gasteiger partial charge in [0, 0.05) is 19.0 Å². The number of rotatable bonds is 2. The van der Waals surface area contributed by atoms with Crippen LogP contribution in [0.15, 0.2) is 0 Å². The van der Waals surface area contributed by atoms with Gasteiger partial charge < -0.3 is 10.2 Å². The Kier molecular flexibility index (Phi) is 4.65. The van der Waals surface area contributed by atoms with Crippen molar-refractivity contribution in [1.29, 1.82) is 0 Å². The molecule has 0 aromatic heterocycles. The topological polar surface area (TPSA) is 32.3 Å². The lowest BCUT2D eigenvalue weighted by Crippen LogP contribution is -2.47. The molecular weight excluding hydrogens is 248 g/mol. The lowest BCUT2D eigenvalue weighted by Gasteiger charge is -2.41. The molecule has 2 saturated carbocycles. The summed E-state index contributed by atoms with van der Waals surface area (Å²) in [5.41, 5.74) is 0. The number of amides is 1. The van der Waals surface area contributed by atoms with Crippen molar-refractivity contribution in [3.63, 3.8) is 0 Å². The number of carbonyl (C=O) groups is 1. The molecule has 2 aliphatic carbocycles. The molecule has 0 aromatic rings. The quantitative estimate of drug-likeness (QED) is 0.842. The van der Waals surface area contributed by atoms with E-state index in [1.54, 1.807) is 0 Å². The van der Waals surface area contributed by atoms with Gasteiger partial charge in [-0.2, -0.15) is 0 Å². The van der Waals surface area contributed by atoms with E-state index in [-0.39, 0.29) is 0 Å². The summed E-state index contributed by atoms with van der Waals surface area (Å²) in [7, 11) is 2.05. The van der Waals surface area contributed by atoms with E-state index in [2.05, 4.69) is 10.2 Å². The van der Waals surface area contributed by atoms with Crippen LogP contribution in [0.3, 0.4) is 0 Å². The van der Waals surface area contributed by atoms with E-state index in [1.807, 2.05) is 7.05 Å². The monoisotopic (exact) mass is 278 g/mol. The van der Waals surface area contributed by atoms with Crippen LogP contribution in [0.1, 0.15) is 57.8 Å². The van der Waals surface area contributed by atoms with Crippen LogP contribution in [-0.2, 0) is 4.79 Å². The summed E-state index contributed by atoms with van der Waals surface area (Å²) in [6.45, 7) is 2.13. The van der Waals surface area contributed by atoms with Crippen LogP contribution in [0.5, 0.6) is 0 Å². The molecule has 0 aromatic carbocycles. The van der Waals surface area contributed by atoms with Crippen molar-refractivity contribution in [2.24, 2.45) is 17.8 Å². The summed E-state index contributed by atoms with van der Waals surface area (Å²) in [4.78, 5) is 14.9. The standard InChI is InChI=1S/C17H30N2O/c1-19(16-8-10-18-11-9-16)17(20)15-7-6-13-4-2-3-5-14(13)12-15/h13-16,18H,2-12H2,1H3. The third-order valence-corrected chi connectivity index (χ3v) is 6.09. The molecule has 3 heteroatoms. The van der Waals surface area contributed by atoms with E-state index >= 15 is 0 Å². The second-order valence-electron chi connectivity index (χ2n) is 7.24. The molecule has 3 atom stereocenters. The Hall–Kier alpha value is -0.570. The van der Waals surface area contributed by atoms with Crippen LogP contribution in [-0.4, -0.2) is 37.0 Å². The van der Waals surface area contributed by atoms with E-state index in [0.29, 0.717) is 17.9 Å². The molecule has 1 N–H and O–H groups in total. The highest BCUT2D eigenvalue weighted by atomic mass is 16.2. The molecule has 1 saturated heterocycles. The molecule has 3 nitrogen and oxygen atoms in total. The first-order valence-corrected chi connectivity index (χ1v) is 8.73. The van der Waals surface area contributed by atoms with Crippen molar-refractivity contribution < 1.29 is 4.79 Å². The Morgan fingerprint density at radius 1 is 0.950 bits per heavy atom. The fourth-order valence-corrected chi connectivity index (χ4v) is 4.76. The van der Waals surface area contributed by atoms with E-state index in [9.17, 15) is 4.79 Å². The minimum absolute atomic E-state index is 0.328. The Balaban J connectivity index is 1.56. The third kappa shape index (κ3) is 3.03. The van der Waals surface area contributed by atoms with Gasteiger partial charge in [-0.1, -0.05) is 25.7 Å². The van der Waals surface area contributed by atoms with E-state index < -0.39 is 0 Å². The number of nitrogens with one attached hydrogen (secondary N) is 1. The maximum Gasteiger partial charge on any atom is 0.225 e. The number of hydrogen-bond acceptors (Lipinski definition) is 2. The summed E-state index contributed by atoms with van der Waals surface area (Å²) in [6, 6.07) is 0.479. The van der Waals surface area contributed by atoms with Gasteiger partial charge in [0.05, 0.1) is 0 Å². The molecule has 0 radical (unpaired) electrons. The van der Waals surface area contributed by atoms with E-state index in [4.69, 9.17) is 0 Å². The Labute approximate surface area is 123 Å². The SMILES string of the molecule is CN(C(=O)C1CCC2CCCCC2C1)C1CCNCC1. The average Bonchev–Trinajstić information content (AvgIpc) is 2.54. The maximum atomic E-state index is 12.8. The van der Waals surface area contributed by atoms with Crippen molar-refractivity contribution in [2.75, 3.05) is 20.1 Å². The molecular formula is C17H30N2O.